The molecule has 0 aliphatic rings. The lowest BCUT2D eigenvalue weighted by atomic mass is 10.3. The number of hydrogen-bond acceptors (Lipinski definition) is 4. The highest BCUT2D eigenvalue weighted by molar-refractivity contribution is 7.99. The van der Waals surface area contributed by atoms with E-state index in [1.54, 1.807) is 0 Å². The molecule has 2 rings (SSSR count). The third kappa shape index (κ3) is 2.46. The van der Waals surface area contributed by atoms with E-state index in [2.05, 4.69) is 4.98 Å². The van der Waals surface area contributed by atoms with Crippen molar-refractivity contribution in [3.05, 3.63) is 40.2 Å². The lowest BCUT2D eigenvalue weighted by Crippen LogP contribution is -1.82. The van der Waals surface area contributed by atoms with Gasteiger partial charge < -0.3 is 0 Å². The van der Waals surface area contributed by atoms with E-state index in [0.29, 0.717) is 0 Å². The second-order valence-corrected chi connectivity index (χ2v) is 4.89. The van der Waals surface area contributed by atoms with Gasteiger partial charge in [0.15, 0.2) is 6.29 Å². The Morgan fingerprint density at radius 1 is 1.40 bits per heavy atom. The van der Waals surface area contributed by atoms with Gasteiger partial charge >= 0.3 is 0 Å². The lowest BCUT2D eigenvalue weighted by Gasteiger charge is -1.99. The first-order valence-electron chi connectivity index (χ1n) is 4.41. The number of carbonyl (C=O) groups is 1. The van der Waals surface area contributed by atoms with E-state index >= 15 is 0 Å². The van der Waals surface area contributed by atoms with Crippen molar-refractivity contribution in [2.45, 2.75) is 16.8 Å². The largest absolute Gasteiger partial charge is 0.298 e. The van der Waals surface area contributed by atoms with E-state index in [-0.39, 0.29) is 0 Å². The number of thiophene rings is 1. The summed E-state index contributed by atoms with van der Waals surface area (Å²) in [7, 11) is 0. The van der Waals surface area contributed by atoms with Crippen molar-refractivity contribution < 1.29 is 4.79 Å². The van der Waals surface area contributed by atoms with Crippen LogP contribution in [0.4, 0.5) is 0 Å². The Morgan fingerprint density at radius 3 is 2.93 bits per heavy atom. The summed E-state index contributed by atoms with van der Waals surface area (Å²) in [6, 6.07) is 3.98. The van der Waals surface area contributed by atoms with Crippen molar-refractivity contribution in [3.8, 4) is 0 Å². The van der Waals surface area contributed by atoms with Crippen LogP contribution in [-0.2, 0) is 0 Å². The van der Waals surface area contributed by atoms with Gasteiger partial charge in [0.2, 0.25) is 0 Å². The third-order valence-corrected chi connectivity index (χ3v) is 3.82. The zero-order valence-electron chi connectivity index (χ0n) is 8.14. The molecule has 0 spiro atoms. The maximum absolute atomic E-state index is 10.7. The number of aryl methyl sites for hydroxylation is 1. The fraction of sp³-hybridized carbons (Fsp3) is 0.0909. The molecule has 76 valence electrons. The summed E-state index contributed by atoms with van der Waals surface area (Å²) in [5.74, 6) is 0. The van der Waals surface area contributed by atoms with Gasteiger partial charge in [-0.15, -0.1) is 0 Å². The molecule has 2 heterocycles. The average Bonchev–Trinajstić information content (AvgIpc) is 2.69. The summed E-state index contributed by atoms with van der Waals surface area (Å²) >= 11 is 3.06. The molecule has 0 atom stereocenters. The molecule has 0 bridgehead atoms. The van der Waals surface area contributed by atoms with Crippen LogP contribution in [0.15, 0.2) is 39.0 Å². The smallest absolute Gasteiger partial charge is 0.152 e. The maximum atomic E-state index is 10.7. The molecule has 0 radical (unpaired) electrons. The molecule has 0 fully saturated rings. The summed E-state index contributed by atoms with van der Waals surface area (Å²) in [5, 5.41) is 4.74. The van der Waals surface area contributed by atoms with E-state index in [1.165, 1.54) is 23.1 Å². The highest BCUT2D eigenvalue weighted by atomic mass is 32.2. The molecule has 15 heavy (non-hydrogen) atoms. The molecule has 0 amide bonds. The molecule has 0 aliphatic carbocycles. The summed E-state index contributed by atoms with van der Waals surface area (Å²) in [6.45, 7) is 2.00. The average molecular weight is 235 g/mol. The lowest BCUT2D eigenvalue weighted by molar-refractivity contribution is 0.112. The fourth-order valence-electron chi connectivity index (χ4n) is 1.09. The molecule has 0 aromatic carbocycles. The number of aldehydes is 1. The predicted octanol–water partition coefficient (Wildman–Crippen LogP) is 3.42. The van der Waals surface area contributed by atoms with Gasteiger partial charge in [-0.3, -0.25) is 4.79 Å². The minimum atomic E-state index is 0.743. The molecule has 0 saturated heterocycles. The van der Waals surface area contributed by atoms with Crippen molar-refractivity contribution >= 4 is 29.4 Å². The van der Waals surface area contributed by atoms with Gasteiger partial charge in [-0.2, -0.15) is 11.3 Å². The van der Waals surface area contributed by atoms with Gasteiger partial charge in [-0.1, -0.05) is 17.8 Å². The minimum absolute atomic E-state index is 0.743. The Morgan fingerprint density at radius 2 is 2.27 bits per heavy atom. The van der Waals surface area contributed by atoms with Crippen molar-refractivity contribution in [3.63, 3.8) is 0 Å². The van der Waals surface area contributed by atoms with Crippen LogP contribution in [0, 0.1) is 6.92 Å². The zero-order valence-corrected chi connectivity index (χ0v) is 9.77. The molecule has 0 N–H and O–H groups in total. The highest BCUT2D eigenvalue weighted by Crippen LogP contribution is 2.30. The van der Waals surface area contributed by atoms with Gasteiger partial charge in [-0.05, 0) is 18.6 Å². The maximum Gasteiger partial charge on any atom is 0.152 e. The molecule has 2 nitrogen and oxygen atoms in total. The SMILES string of the molecule is Cc1ccc(Sc2cscc2C=O)nc1. The summed E-state index contributed by atoms with van der Waals surface area (Å²) < 4.78 is 0. The zero-order chi connectivity index (χ0) is 10.7. The standard InChI is InChI=1S/C11H9NOS2/c1-8-2-3-11(12-4-8)15-10-7-14-6-9(10)5-13/h2-7H,1H3. The number of hydrogen-bond donors (Lipinski definition) is 0. The summed E-state index contributed by atoms with van der Waals surface area (Å²) in [6.07, 6.45) is 2.71. The third-order valence-electron chi connectivity index (χ3n) is 1.88. The number of aromatic nitrogens is 1. The Balaban J connectivity index is 2.21. The Bertz CT molecular complexity index is 462. The normalized spacial score (nSPS) is 10.2. The second-order valence-electron chi connectivity index (χ2n) is 3.09. The molecular weight excluding hydrogens is 226 g/mol. The second kappa shape index (κ2) is 4.59. The van der Waals surface area contributed by atoms with Crippen molar-refractivity contribution in [1.29, 1.82) is 0 Å². The number of pyridine rings is 1. The van der Waals surface area contributed by atoms with Gasteiger partial charge in [0.05, 0.1) is 0 Å². The van der Waals surface area contributed by atoms with Crippen LogP contribution < -0.4 is 0 Å². The van der Waals surface area contributed by atoms with Gasteiger partial charge in [0, 0.05) is 27.4 Å². The number of nitrogens with zero attached hydrogens (tertiary/aromatic N) is 1. The Labute approximate surface area is 96.4 Å². The summed E-state index contributed by atoms with van der Waals surface area (Å²) in [4.78, 5) is 16.0. The monoisotopic (exact) mass is 235 g/mol. The summed E-state index contributed by atoms with van der Waals surface area (Å²) in [5.41, 5.74) is 1.88. The molecule has 0 aliphatic heterocycles. The van der Waals surface area contributed by atoms with Crippen LogP contribution in [0.25, 0.3) is 0 Å². The number of rotatable bonds is 3. The van der Waals surface area contributed by atoms with Crippen LogP contribution in [0.5, 0.6) is 0 Å². The van der Waals surface area contributed by atoms with E-state index in [0.717, 1.165) is 27.3 Å². The fourth-order valence-corrected chi connectivity index (χ4v) is 2.87. The topological polar surface area (TPSA) is 30.0 Å². The predicted molar refractivity (Wildman–Crippen MR) is 62.8 cm³/mol. The first-order valence-corrected chi connectivity index (χ1v) is 6.17. The van der Waals surface area contributed by atoms with E-state index in [9.17, 15) is 4.79 Å². The van der Waals surface area contributed by atoms with Crippen molar-refractivity contribution in [2.75, 3.05) is 0 Å². The van der Waals surface area contributed by atoms with Crippen molar-refractivity contribution in [2.24, 2.45) is 0 Å². The molecular formula is C11H9NOS2. The van der Waals surface area contributed by atoms with E-state index in [4.69, 9.17) is 0 Å². The number of carbonyl (C=O) groups excluding carboxylic acids is 1. The molecule has 2 aromatic rings. The van der Waals surface area contributed by atoms with Crippen LogP contribution in [-0.4, -0.2) is 11.3 Å². The minimum Gasteiger partial charge on any atom is -0.298 e. The molecule has 4 heteroatoms. The molecule has 0 unspecified atom stereocenters. The van der Waals surface area contributed by atoms with E-state index < -0.39 is 0 Å². The quantitative estimate of drug-likeness (QED) is 0.764. The van der Waals surface area contributed by atoms with Crippen molar-refractivity contribution in [1.82, 2.24) is 4.98 Å². The van der Waals surface area contributed by atoms with Crippen LogP contribution in [0.3, 0.4) is 0 Å². The van der Waals surface area contributed by atoms with Gasteiger partial charge in [-0.25, -0.2) is 4.98 Å². The van der Waals surface area contributed by atoms with Gasteiger partial charge in [0.1, 0.15) is 5.03 Å². The highest BCUT2D eigenvalue weighted by Gasteiger charge is 2.05. The first kappa shape index (κ1) is 10.4. The first-order chi connectivity index (χ1) is 7.29. The molecule has 2 aromatic heterocycles. The Hall–Kier alpha value is -1.13. The van der Waals surface area contributed by atoms with Gasteiger partial charge in [0.25, 0.3) is 0 Å². The van der Waals surface area contributed by atoms with E-state index in [1.807, 2.05) is 36.0 Å². The van der Waals surface area contributed by atoms with Crippen LogP contribution >= 0.6 is 23.1 Å². The van der Waals surface area contributed by atoms with Crippen LogP contribution in [0.1, 0.15) is 15.9 Å². The molecule has 0 saturated carbocycles. The van der Waals surface area contributed by atoms with Crippen LogP contribution in [0.2, 0.25) is 0 Å². The Kier molecular flexibility index (Phi) is 3.18.